The summed E-state index contributed by atoms with van der Waals surface area (Å²) in [7, 11) is 0. The highest BCUT2D eigenvalue weighted by atomic mass is 16.5. The number of ether oxygens (including phenoxy) is 2. The molecule has 2 unspecified atom stereocenters. The minimum Gasteiger partial charge on any atom is -0.388 e. The lowest BCUT2D eigenvalue weighted by atomic mass is 9.77. The van der Waals surface area contributed by atoms with Crippen molar-refractivity contribution >= 4 is 0 Å². The highest BCUT2D eigenvalue weighted by Crippen LogP contribution is 2.41. The van der Waals surface area contributed by atoms with Crippen LogP contribution < -0.4 is 0 Å². The Morgan fingerprint density at radius 2 is 2.16 bits per heavy atom. The van der Waals surface area contributed by atoms with Crippen molar-refractivity contribution in [1.82, 2.24) is 4.98 Å². The summed E-state index contributed by atoms with van der Waals surface area (Å²) in [5, 5.41) is 10.5. The lowest BCUT2D eigenvalue weighted by Gasteiger charge is -2.44. The lowest BCUT2D eigenvalue weighted by Crippen LogP contribution is -2.45. The highest BCUT2D eigenvalue weighted by Gasteiger charge is 2.41. The second-order valence-electron chi connectivity index (χ2n) is 5.63. The van der Waals surface area contributed by atoms with Crippen molar-refractivity contribution < 1.29 is 14.6 Å². The van der Waals surface area contributed by atoms with Crippen molar-refractivity contribution in [2.75, 3.05) is 19.8 Å². The van der Waals surface area contributed by atoms with Gasteiger partial charge in [0, 0.05) is 32.2 Å². The van der Waals surface area contributed by atoms with Gasteiger partial charge in [-0.05, 0) is 43.2 Å². The van der Waals surface area contributed by atoms with E-state index in [1.807, 2.05) is 12.1 Å². The Hall–Kier alpha value is -0.970. The van der Waals surface area contributed by atoms with E-state index >= 15 is 0 Å². The van der Waals surface area contributed by atoms with E-state index in [1.165, 1.54) is 0 Å². The van der Waals surface area contributed by atoms with Crippen molar-refractivity contribution in [2.45, 2.75) is 37.4 Å². The third-order valence-corrected chi connectivity index (χ3v) is 4.41. The van der Waals surface area contributed by atoms with Gasteiger partial charge in [0.05, 0.1) is 11.7 Å². The minimum atomic E-state index is -0.433. The summed E-state index contributed by atoms with van der Waals surface area (Å²) >= 11 is 0. The molecule has 2 fully saturated rings. The van der Waals surface area contributed by atoms with E-state index in [4.69, 9.17) is 9.47 Å². The van der Waals surface area contributed by atoms with E-state index in [0.29, 0.717) is 0 Å². The Labute approximate surface area is 113 Å². The van der Waals surface area contributed by atoms with Crippen LogP contribution in [0.15, 0.2) is 24.5 Å². The zero-order chi connectivity index (χ0) is 13.1. The van der Waals surface area contributed by atoms with Crippen LogP contribution >= 0.6 is 0 Å². The molecule has 1 N–H and O–H groups in total. The Kier molecular flexibility index (Phi) is 3.82. The second kappa shape index (κ2) is 5.57. The average molecular weight is 263 g/mol. The number of hydrogen-bond donors (Lipinski definition) is 1. The molecule has 0 bridgehead atoms. The SMILES string of the molecule is OC(c1cccnc1)C1CCOC2(CCOCC2)C1. The number of aliphatic hydroxyl groups excluding tert-OH is 1. The van der Waals surface area contributed by atoms with E-state index in [-0.39, 0.29) is 11.5 Å². The molecule has 3 heterocycles. The molecule has 1 aromatic heterocycles. The largest absolute Gasteiger partial charge is 0.388 e. The zero-order valence-electron chi connectivity index (χ0n) is 11.1. The van der Waals surface area contributed by atoms with Gasteiger partial charge in [0.2, 0.25) is 0 Å². The Balaban J connectivity index is 1.71. The van der Waals surface area contributed by atoms with E-state index in [0.717, 1.165) is 51.1 Å². The van der Waals surface area contributed by atoms with Crippen molar-refractivity contribution in [1.29, 1.82) is 0 Å². The predicted molar refractivity (Wildman–Crippen MR) is 70.7 cm³/mol. The molecule has 0 aliphatic carbocycles. The van der Waals surface area contributed by atoms with Gasteiger partial charge in [-0.1, -0.05) is 6.07 Å². The number of hydrogen-bond acceptors (Lipinski definition) is 4. The first-order valence-electron chi connectivity index (χ1n) is 7.09. The van der Waals surface area contributed by atoms with Gasteiger partial charge in [0.15, 0.2) is 0 Å². The minimum absolute atomic E-state index is 0.0651. The Morgan fingerprint density at radius 1 is 1.32 bits per heavy atom. The number of aliphatic hydroxyl groups is 1. The van der Waals surface area contributed by atoms with Gasteiger partial charge in [0.25, 0.3) is 0 Å². The normalized spacial score (nSPS) is 28.2. The molecular formula is C15H21NO3. The number of rotatable bonds is 2. The first-order chi connectivity index (χ1) is 9.29. The van der Waals surface area contributed by atoms with Crippen LogP contribution in [-0.4, -0.2) is 35.5 Å². The molecule has 4 heteroatoms. The average Bonchev–Trinajstić information content (AvgIpc) is 2.48. The molecule has 1 spiro atoms. The van der Waals surface area contributed by atoms with E-state index in [9.17, 15) is 5.11 Å². The van der Waals surface area contributed by atoms with Gasteiger partial charge in [-0.3, -0.25) is 4.98 Å². The summed E-state index contributed by atoms with van der Waals surface area (Å²) in [5.74, 6) is 0.260. The van der Waals surface area contributed by atoms with Crippen LogP contribution in [0, 0.1) is 5.92 Å². The molecule has 3 rings (SSSR count). The topological polar surface area (TPSA) is 51.6 Å². The molecule has 104 valence electrons. The molecule has 2 atom stereocenters. The predicted octanol–water partition coefficient (Wildman–Crippen LogP) is 2.09. The first-order valence-corrected chi connectivity index (χ1v) is 7.09. The van der Waals surface area contributed by atoms with Crippen LogP contribution in [0.5, 0.6) is 0 Å². The summed E-state index contributed by atoms with van der Waals surface area (Å²) < 4.78 is 11.4. The summed E-state index contributed by atoms with van der Waals surface area (Å²) in [4.78, 5) is 4.09. The van der Waals surface area contributed by atoms with Crippen molar-refractivity contribution in [3.05, 3.63) is 30.1 Å². The van der Waals surface area contributed by atoms with Crippen molar-refractivity contribution in [3.8, 4) is 0 Å². The summed E-state index contributed by atoms with van der Waals surface area (Å²) in [5.41, 5.74) is 0.848. The number of aromatic nitrogens is 1. The number of nitrogens with zero attached hydrogens (tertiary/aromatic N) is 1. The maximum Gasteiger partial charge on any atom is 0.0834 e. The lowest BCUT2D eigenvalue weighted by molar-refractivity contribution is -0.159. The van der Waals surface area contributed by atoms with Crippen LogP contribution in [0.1, 0.15) is 37.4 Å². The van der Waals surface area contributed by atoms with Gasteiger partial charge in [-0.2, -0.15) is 0 Å². The number of pyridine rings is 1. The molecule has 1 aromatic rings. The van der Waals surface area contributed by atoms with Crippen LogP contribution in [-0.2, 0) is 9.47 Å². The zero-order valence-corrected chi connectivity index (χ0v) is 11.1. The standard InChI is InChI=1S/C15H21NO3/c17-14(13-2-1-6-16-11-13)12-3-7-19-15(10-12)4-8-18-9-5-15/h1-2,6,11-12,14,17H,3-5,7-10H2. The summed E-state index contributed by atoms with van der Waals surface area (Å²) in [6, 6.07) is 3.83. The van der Waals surface area contributed by atoms with Gasteiger partial charge >= 0.3 is 0 Å². The molecule has 2 saturated heterocycles. The molecule has 0 radical (unpaired) electrons. The smallest absolute Gasteiger partial charge is 0.0834 e. The molecule has 2 aliphatic heterocycles. The quantitative estimate of drug-likeness (QED) is 0.887. The fourth-order valence-corrected chi connectivity index (χ4v) is 3.25. The van der Waals surface area contributed by atoms with Gasteiger partial charge in [0.1, 0.15) is 0 Å². The fraction of sp³-hybridized carbons (Fsp3) is 0.667. The van der Waals surface area contributed by atoms with E-state index in [2.05, 4.69) is 4.98 Å². The first kappa shape index (κ1) is 13.0. The summed E-state index contributed by atoms with van der Waals surface area (Å²) in [6.45, 7) is 2.29. The van der Waals surface area contributed by atoms with Crippen LogP contribution in [0.4, 0.5) is 0 Å². The summed E-state index contributed by atoms with van der Waals surface area (Å²) in [6.07, 6.45) is 6.80. The molecule has 0 aromatic carbocycles. The highest BCUT2D eigenvalue weighted by molar-refractivity contribution is 5.13. The van der Waals surface area contributed by atoms with Crippen molar-refractivity contribution in [3.63, 3.8) is 0 Å². The molecule has 0 amide bonds. The second-order valence-corrected chi connectivity index (χ2v) is 5.63. The van der Waals surface area contributed by atoms with Crippen molar-refractivity contribution in [2.24, 2.45) is 5.92 Å². The Bertz CT molecular complexity index is 398. The third kappa shape index (κ3) is 2.81. The maximum absolute atomic E-state index is 10.5. The maximum atomic E-state index is 10.5. The fourth-order valence-electron chi connectivity index (χ4n) is 3.25. The van der Waals surface area contributed by atoms with Crippen LogP contribution in [0.3, 0.4) is 0 Å². The molecule has 4 nitrogen and oxygen atoms in total. The molecule has 2 aliphatic rings. The van der Waals surface area contributed by atoms with Gasteiger partial charge < -0.3 is 14.6 Å². The van der Waals surface area contributed by atoms with Gasteiger partial charge in [-0.25, -0.2) is 0 Å². The Morgan fingerprint density at radius 3 is 2.89 bits per heavy atom. The monoisotopic (exact) mass is 263 g/mol. The van der Waals surface area contributed by atoms with E-state index in [1.54, 1.807) is 12.4 Å². The van der Waals surface area contributed by atoms with Crippen LogP contribution in [0.25, 0.3) is 0 Å². The van der Waals surface area contributed by atoms with Gasteiger partial charge in [-0.15, -0.1) is 0 Å². The molecule has 0 saturated carbocycles. The third-order valence-electron chi connectivity index (χ3n) is 4.41. The molecule has 19 heavy (non-hydrogen) atoms. The van der Waals surface area contributed by atoms with Crippen LogP contribution in [0.2, 0.25) is 0 Å². The molecular weight excluding hydrogens is 242 g/mol. The van der Waals surface area contributed by atoms with E-state index < -0.39 is 6.10 Å².